The van der Waals surface area contributed by atoms with Gasteiger partial charge in [-0.2, -0.15) is 0 Å². The van der Waals surface area contributed by atoms with Crippen molar-refractivity contribution in [3.8, 4) is 17.6 Å². The Labute approximate surface area is 125 Å². The molecule has 1 saturated heterocycles. The second-order valence-electron chi connectivity index (χ2n) is 5.09. The molecule has 0 spiro atoms. The van der Waals surface area contributed by atoms with Crippen LogP contribution in [0.1, 0.15) is 5.56 Å². The van der Waals surface area contributed by atoms with E-state index in [1.807, 2.05) is 0 Å². The summed E-state index contributed by atoms with van der Waals surface area (Å²) in [6.45, 7) is 5.27. The van der Waals surface area contributed by atoms with Crippen molar-refractivity contribution in [1.82, 2.24) is 9.80 Å². The second kappa shape index (κ2) is 7.99. The van der Waals surface area contributed by atoms with Gasteiger partial charge in [-0.05, 0) is 19.2 Å². The lowest BCUT2D eigenvalue weighted by atomic mass is 10.2. The molecule has 1 aliphatic heterocycles. The molecule has 21 heavy (non-hydrogen) atoms. The van der Waals surface area contributed by atoms with Gasteiger partial charge in [0.2, 0.25) is 0 Å². The van der Waals surface area contributed by atoms with Crippen LogP contribution < -0.4 is 4.74 Å². The Hall–Kier alpha value is -1.61. The van der Waals surface area contributed by atoms with Crippen molar-refractivity contribution >= 4 is 0 Å². The zero-order valence-electron chi connectivity index (χ0n) is 12.3. The normalized spacial score (nSPS) is 16.3. The van der Waals surface area contributed by atoms with Crippen molar-refractivity contribution < 1.29 is 14.2 Å². The van der Waals surface area contributed by atoms with E-state index in [0.29, 0.717) is 17.9 Å². The van der Waals surface area contributed by atoms with Crippen LogP contribution in [0.25, 0.3) is 0 Å². The van der Waals surface area contributed by atoms with Crippen molar-refractivity contribution in [3.05, 3.63) is 29.6 Å². The highest BCUT2D eigenvalue weighted by molar-refractivity contribution is 5.46. The van der Waals surface area contributed by atoms with E-state index in [1.165, 1.54) is 12.1 Å². The molecule has 1 aromatic carbocycles. The number of ether oxygens (including phenoxy) is 1. The first-order chi connectivity index (χ1) is 10.2. The Balaban J connectivity index is 1.88. The van der Waals surface area contributed by atoms with Crippen LogP contribution in [-0.4, -0.2) is 67.9 Å². The zero-order valence-corrected chi connectivity index (χ0v) is 12.3. The largest absolute Gasteiger partial charge is 0.491 e. The maximum Gasteiger partial charge on any atom is 0.137 e. The van der Waals surface area contributed by atoms with E-state index >= 15 is 0 Å². The minimum atomic E-state index is -0.348. The number of nitrogens with zero attached hydrogens (tertiary/aromatic N) is 2. The van der Waals surface area contributed by atoms with E-state index in [2.05, 4.69) is 28.7 Å². The first-order valence-electron chi connectivity index (χ1n) is 7.12. The maximum atomic E-state index is 13.3. The molecule has 2 rings (SSSR count). The van der Waals surface area contributed by atoms with Crippen LogP contribution in [0.3, 0.4) is 0 Å². The van der Waals surface area contributed by atoms with Crippen molar-refractivity contribution in [3.63, 3.8) is 0 Å². The number of piperazine rings is 1. The summed E-state index contributed by atoms with van der Waals surface area (Å²) in [6, 6.07) is 4.25. The predicted octanol–water partition coefficient (Wildman–Crippen LogP) is 0.796. The SMILES string of the molecule is CN1CCN(CCOc2cc(F)ccc2C#CCO)CC1. The third-order valence-corrected chi connectivity index (χ3v) is 3.51. The molecule has 1 fully saturated rings. The Morgan fingerprint density at radius 2 is 2.05 bits per heavy atom. The average molecular weight is 292 g/mol. The molecular formula is C16H21FN2O2. The molecule has 114 valence electrons. The van der Waals surface area contributed by atoms with Crippen LogP contribution in [0.5, 0.6) is 5.75 Å². The molecular weight excluding hydrogens is 271 g/mol. The van der Waals surface area contributed by atoms with Gasteiger partial charge in [-0.15, -0.1) is 0 Å². The van der Waals surface area contributed by atoms with Gasteiger partial charge in [0.1, 0.15) is 24.8 Å². The predicted molar refractivity (Wildman–Crippen MR) is 79.8 cm³/mol. The Morgan fingerprint density at radius 3 is 2.76 bits per heavy atom. The van der Waals surface area contributed by atoms with Gasteiger partial charge in [0, 0.05) is 38.8 Å². The van der Waals surface area contributed by atoms with E-state index in [1.54, 1.807) is 6.07 Å². The van der Waals surface area contributed by atoms with Crippen molar-refractivity contribution in [2.75, 3.05) is 53.0 Å². The minimum absolute atomic E-state index is 0.224. The molecule has 0 saturated carbocycles. The van der Waals surface area contributed by atoms with Gasteiger partial charge in [0.25, 0.3) is 0 Å². The minimum Gasteiger partial charge on any atom is -0.491 e. The van der Waals surface area contributed by atoms with Crippen LogP contribution in [0, 0.1) is 17.7 Å². The van der Waals surface area contributed by atoms with Crippen molar-refractivity contribution in [2.45, 2.75) is 0 Å². The van der Waals surface area contributed by atoms with Gasteiger partial charge in [-0.3, -0.25) is 4.90 Å². The maximum absolute atomic E-state index is 13.3. The summed E-state index contributed by atoms with van der Waals surface area (Å²) in [6.07, 6.45) is 0. The molecule has 0 radical (unpaired) electrons. The summed E-state index contributed by atoms with van der Waals surface area (Å²) < 4.78 is 19.0. The molecule has 0 bridgehead atoms. The monoisotopic (exact) mass is 292 g/mol. The van der Waals surface area contributed by atoms with Gasteiger partial charge in [-0.1, -0.05) is 11.8 Å². The molecule has 0 aromatic heterocycles. The highest BCUT2D eigenvalue weighted by atomic mass is 19.1. The van der Waals surface area contributed by atoms with Crippen LogP contribution >= 0.6 is 0 Å². The summed E-state index contributed by atoms with van der Waals surface area (Å²) in [5.41, 5.74) is 0.601. The standard InChI is InChI=1S/C16H21FN2O2/c1-18-6-8-19(9-7-18)10-12-21-16-13-15(17)5-4-14(16)3-2-11-20/h4-5,13,20H,6-12H2,1H3. The van der Waals surface area contributed by atoms with E-state index < -0.39 is 0 Å². The molecule has 1 aliphatic rings. The smallest absolute Gasteiger partial charge is 0.137 e. The molecule has 0 aliphatic carbocycles. The Kier molecular flexibility index (Phi) is 6.00. The number of aliphatic hydroxyl groups excluding tert-OH is 1. The Bertz CT molecular complexity index is 517. The molecule has 0 atom stereocenters. The topological polar surface area (TPSA) is 35.9 Å². The van der Waals surface area contributed by atoms with Crippen LogP contribution in [0.15, 0.2) is 18.2 Å². The molecule has 1 heterocycles. The molecule has 1 aromatic rings. The summed E-state index contributed by atoms with van der Waals surface area (Å²) in [4.78, 5) is 4.63. The number of likely N-dealkylation sites (N-methyl/N-ethyl adjacent to an activating group) is 1. The summed E-state index contributed by atoms with van der Waals surface area (Å²) in [5.74, 6) is 5.42. The quantitative estimate of drug-likeness (QED) is 0.833. The zero-order chi connectivity index (χ0) is 15.1. The van der Waals surface area contributed by atoms with Gasteiger partial charge in [-0.25, -0.2) is 4.39 Å². The second-order valence-corrected chi connectivity index (χ2v) is 5.09. The fraction of sp³-hybridized carbons (Fsp3) is 0.500. The lowest BCUT2D eigenvalue weighted by Gasteiger charge is -2.32. The summed E-state index contributed by atoms with van der Waals surface area (Å²) >= 11 is 0. The van der Waals surface area contributed by atoms with E-state index in [4.69, 9.17) is 9.84 Å². The molecule has 1 N–H and O–H groups in total. The third kappa shape index (κ3) is 5.01. The third-order valence-electron chi connectivity index (χ3n) is 3.51. The first kappa shape index (κ1) is 15.8. The molecule has 5 heteroatoms. The summed E-state index contributed by atoms with van der Waals surface area (Å²) in [7, 11) is 2.12. The van der Waals surface area contributed by atoms with Crippen molar-refractivity contribution in [2.24, 2.45) is 0 Å². The number of hydrogen-bond donors (Lipinski definition) is 1. The fourth-order valence-corrected chi connectivity index (χ4v) is 2.21. The molecule has 0 unspecified atom stereocenters. The average Bonchev–Trinajstić information content (AvgIpc) is 2.48. The number of aliphatic hydroxyl groups is 1. The van der Waals surface area contributed by atoms with E-state index in [0.717, 1.165) is 32.7 Å². The van der Waals surface area contributed by atoms with Crippen LogP contribution in [0.2, 0.25) is 0 Å². The van der Waals surface area contributed by atoms with E-state index in [9.17, 15) is 4.39 Å². The highest BCUT2D eigenvalue weighted by Gasteiger charge is 2.13. The lowest BCUT2D eigenvalue weighted by molar-refractivity contribution is 0.133. The van der Waals surface area contributed by atoms with Gasteiger partial charge < -0.3 is 14.7 Å². The summed E-state index contributed by atoms with van der Waals surface area (Å²) in [5, 5.41) is 8.74. The molecule has 0 amide bonds. The number of hydrogen-bond acceptors (Lipinski definition) is 4. The number of benzene rings is 1. The van der Waals surface area contributed by atoms with Crippen LogP contribution in [0.4, 0.5) is 4.39 Å². The fourth-order valence-electron chi connectivity index (χ4n) is 2.21. The molecule has 4 nitrogen and oxygen atoms in total. The number of rotatable bonds is 4. The van der Waals surface area contributed by atoms with Crippen LogP contribution in [-0.2, 0) is 0 Å². The van der Waals surface area contributed by atoms with Gasteiger partial charge in [0.05, 0.1) is 5.56 Å². The first-order valence-corrected chi connectivity index (χ1v) is 7.12. The van der Waals surface area contributed by atoms with Gasteiger partial charge >= 0.3 is 0 Å². The number of halogens is 1. The van der Waals surface area contributed by atoms with Gasteiger partial charge in [0.15, 0.2) is 0 Å². The lowest BCUT2D eigenvalue weighted by Crippen LogP contribution is -2.45. The Morgan fingerprint density at radius 1 is 1.29 bits per heavy atom. The van der Waals surface area contributed by atoms with Crippen molar-refractivity contribution in [1.29, 1.82) is 0 Å². The van der Waals surface area contributed by atoms with E-state index in [-0.39, 0.29) is 12.4 Å². The highest BCUT2D eigenvalue weighted by Crippen LogP contribution is 2.19.